The van der Waals surface area contributed by atoms with Gasteiger partial charge in [0.05, 0.1) is 0 Å². The van der Waals surface area contributed by atoms with Crippen molar-refractivity contribution < 1.29 is 16.5 Å². The van der Waals surface area contributed by atoms with Crippen molar-refractivity contribution in [2.45, 2.75) is 50.4 Å². The van der Waals surface area contributed by atoms with Crippen LogP contribution < -0.4 is 10.2 Å². The van der Waals surface area contributed by atoms with Gasteiger partial charge in [-0.1, -0.05) is 0 Å². The Morgan fingerprint density at radius 2 is 1.63 bits per heavy atom. The maximum atomic E-state index is 6.28. The summed E-state index contributed by atoms with van der Waals surface area (Å²) in [6.45, 7) is 4.48. The van der Waals surface area contributed by atoms with E-state index in [-0.39, 0.29) is 0 Å². The summed E-state index contributed by atoms with van der Waals surface area (Å²) in [5.41, 5.74) is 6.28. The monoisotopic (exact) mass is 550 g/mol. The zero-order chi connectivity index (χ0) is 14.5. The van der Waals surface area contributed by atoms with Crippen LogP contribution in [0.5, 0.6) is 0 Å². The molecule has 1 nitrogen and oxygen atoms in total. The third kappa shape index (κ3) is 10.4. The summed E-state index contributed by atoms with van der Waals surface area (Å²) in [5, 5.41) is 0. The maximum absolute atomic E-state index is 6.28. The number of hydrogen-bond donors (Lipinski definition) is 1. The fourth-order valence-corrected chi connectivity index (χ4v) is 4.62. The van der Waals surface area contributed by atoms with Gasteiger partial charge in [0, 0.05) is 0 Å². The molecule has 0 aliphatic rings. The van der Waals surface area contributed by atoms with Gasteiger partial charge in [-0.05, 0) is 0 Å². The Kier molecular flexibility index (Phi) is 14.6. The van der Waals surface area contributed by atoms with Crippen LogP contribution in [-0.2, 0) is 16.5 Å². The van der Waals surface area contributed by atoms with Gasteiger partial charge in [0.2, 0.25) is 0 Å². The third-order valence-corrected chi connectivity index (χ3v) is 5.71. The molecule has 0 heterocycles. The molecule has 0 aliphatic carbocycles. The molecule has 5 heteroatoms. The first-order chi connectivity index (χ1) is 9.19. The Balaban J connectivity index is 0.000000982. The summed E-state index contributed by atoms with van der Waals surface area (Å²) in [5.74, 6) is 0. The molecule has 0 fully saturated rings. The quantitative estimate of drug-likeness (QED) is 0.509. The van der Waals surface area contributed by atoms with Gasteiger partial charge in [-0.15, -0.1) is 0 Å². The molecule has 2 unspecified atom stereocenters. The Morgan fingerprint density at radius 3 is 2.11 bits per heavy atom. The van der Waals surface area contributed by atoms with Gasteiger partial charge in [0.15, 0.2) is 0 Å². The van der Waals surface area contributed by atoms with Gasteiger partial charge in [0.1, 0.15) is 0 Å². The summed E-state index contributed by atoms with van der Waals surface area (Å²) in [4.78, 5) is 0.708. The van der Waals surface area contributed by atoms with Crippen molar-refractivity contribution in [2.24, 2.45) is 5.73 Å². The van der Waals surface area contributed by atoms with Crippen LogP contribution in [0.4, 0.5) is 0 Å². The molecule has 2 atom stereocenters. The molecule has 0 aromatic heterocycles. The van der Waals surface area contributed by atoms with E-state index in [1.165, 1.54) is 30.1 Å². The molecule has 1 aromatic carbocycles. The minimum absolute atomic E-state index is 0.394. The Bertz CT molecular complexity index is 301. The summed E-state index contributed by atoms with van der Waals surface area (Å²) >= 11 is 0.0614. The van der Waals surface area contributed by atoms with Crippen LogP contribution in [0.3, 0.4) is 0 Å². The number of rotatable bonds is 7. The molecule has 0 radical (unpaired) electrons. The standard InChI is InChI=1S/C14H23NSe.2ClH.Pt/c1-3-8-13(15)14(9-4-2)16-12-10-6-5-7-11-12;;;/h5-7,10-11,13-14H,3-4,8-9,15H2,1-2H3;2*1H;/q;;;+2/p-2. The van der Waals surface area contributed by atoms with E-state index in [9.17, 15) is 0 Å². The van der Waals surface area contributed by atoms with Crippen molar-refractivity contribution in [1.82, 2.24) is 0 Å². The Hall–Kier alpha value is 0.968. The number of hydrogen-bond acceptors (Lipinski definition) is 1. The second-order valence-corrected chi connectivity index (χ2v) is 10.3. The van der Waals surface area contributed by atoms with Gasteiger partial charge in [-0.3, -0.25) is 0 Å². The van der Waals surface area contributed by atoms with Gasteiger partial charge in [-0.25, -0.2) is 0 Å². The molecule has 0 saturated carbocycles. The van der Waals surface area contributed by atoms with Crippen molar-refractivity contribution in [3.8, 4) is 0 Å². The third-order valence-electron chi connectivity index (χ3n) is 2.70. The predicted molar refractivity (Wildman–Crippen MR) is 85.1 cm³/mol. The zero-order valence-electron chi connectivity index (χ0n) is 11.4. The summed E-state index contributed by atoms with van der Waals surface area (Å²) in [6, 6.07) is 11.2. The summed E-state index contributed by atoms with van der Waals surface area (Å²) in [6.07, 6.45) is 4.89. The molecule has 0 bridgehead atoms. The normalized spacial score (nSPS) is 13.5. The number of halogens is 2. The molecule has 1 aromatic rings. The van der Waals surface area contributed by atoms with E-state index in [0.717, 1.165) is 0 Å². The first kappa shape index (κ1) is 20.0. The predicted octanol–water partition coefficient (Wildman–Crippen LogP) is 4.11. The van der Waals surface area contributed by atoms with Crippen LogP contribution in [0.2, 0.25) is 4.82 Å². The first-order valence-corrected chi connectivity index (χ1v) is 14.0. The molecule has 19 heavy (non-hydrogen) atoms. The van der Waals surface area contributed by atoms with Crippen molar-refractivity contribution in [3.05, 3.63) is 30.3 Å². The summed E-state index contributed by atoms with van der Waals surface area (Å²) in [7, 11) is 9.75. The zero-order valence-corrected chi connectivity index (χ0v) is 16.9. The molecular weight excluding hydrogens is 527 g/mol. The first-order valence-electron chi connectivity index (χ1n) is 6.49. The minimum atomic E-state index is -0.472. The molecule has 2 N–H and O–H groups in total. The fraction of sp³-hybridized carbons (Fsp3) is 0.571. The Morgan fingerprint density at radius 1 is 1.11 bits per heavy atom. The van der Waals surface area contributed by atoms with Crippen molar-refractivity contribution in [1.29, 1.82) is 0 Å². The Labute approximate surface area is 140 Å². The molecule has 0 spiro atoms. The number of benzene rings is 1. The van der Waals surface area contributed by atoms with E-state index in [0.29, 0.717) is 25.8 Å². The van der Waals surface area contributed by atoms with Gasteiger partial charge < -0.3 is 0 Å². The van der Waals surface area contributed by atoms with E-state index >= 15 is 0 Å². The SMILES string of the molecule is CCCC(N)C(CCC)[Se]c1ccccc1.[Cl][Pt][Cl]. The van der Waals surface area contributed by atoms with E-state index in [2.05, 4.69) is 44.2 Å². The van der Waals surface area contributed by atoms with Crippen molar-refractivity contribution >= 4 is 38.3 Å². The van der Waals surface area contributed by atoms with Gasteiger partial charge in [0.25, 0.3) is 0 Å². The second-order valence-electron chi connectivity index (χ2n) is 4.26. The molecule has 0 aliphatic heterocycles. The van der Waals surface area contributed by atoms with E-state index in [4.69, 9.17) is 24.6 Å². The molecule has 0 amide bonds. The van der Waals surface area contributed by atoms with Crippen molar-refractivity contribution in [2.75, 3.05) is 0 Å². The van der Waals surface area contributed by atoms with Crippen LogP contribution in [-0.4, -0.2) is 21.0 Å². The molecule has 1 rings (SSSR count). The van der Waals surface area contributed by atoms with Gasteiger partial charge >= 0.3 is 141 Å². The van der Waals surface area contributed by atoms with Crippen LogP contribution in [0.1, 0.15) is 39.5 Å². The topological polar surface area (TPSA) is 26.0 Å². The van der Waals surface area contributed by atoms with Crippen LogP contribution in [0.15, 0.2) is 30.3 Å². The van der Waals surface area contributed by atoms with E-state index in [1.54, 1.807) is 0 Å². The average Bonchev–Trinajstić information content (AvgIpc) is 2.40. The molecule has 114 valence electrons. The van der Waals surface area contributed by atoms with Crippen LogP contribution in [0, 0.1) is 0 Å². The second kappa shape index (κ2) is 13.9. The fourth-order valence-electron chi connectivity index (χ4n) is 1.84. The van der Waals surface area contributed by atoms with Crippen LogP contribution in [0.25, 0.3) is 0 Å². The van der Waals surface area contributed by atoms with E-state index in [1.807, 2.05) is 0 Å². The molecular formula is C14H23Cl2NPtSe. The van der Waals surface area contributed by atoms with Gasteiger partial charge in [-0.2, -0.15) is 0 Å². The average molecular weight is 550 g/mol. The molecule has 0 saturated heterocycles. The van der Waals surface area contributed by atoms with E-state index < -0.39 is 16.5 Å². The van der Waals surface area contributed by atoms with Crippen LogP contribution >= 0.6 is 18.8 Å². The summed E-state index contributed by atoms with van der Waals surface area (Å²) < 4.78 is 1.49. The van der Waals surface area contributed by atoms with Crippen molar-refractivity contribution in [3.63, 3.8) is 0 Å². The number of nitrogens with two attached hydrogens (primary N) is 1.